The summed E-state index contributed by atoms with van der Waals surface area (Å²) in [6.45, 7) is 1.74. The van der Waals surface area contributed by atoms with E-state index in [1.165, 1.54) is 23.3 Å². The van der Waals surface area contributed by atoms with E-state index in [0.29, 0.717) is 19.0 Å². The van der Waals surface area contributed by atoms with Crippen LogP contribution in [-0.2, 0) is 15.0 Å². The molecule has 1 heterocycles. The van der Waals surface area contributed by atoms with Gasteiger partial charge in [-0.2, -0.15) is 0 Å². The molecule has 4 unspecified atom stereocenters. The third kappa shape index (κ3) is 3.05. The summed E-state index contributed by atoms with van der Waals surface area (Å²) in [5, 5.41) is 6.69. The smallest absolute Gasteiger partial charge is 0.233 e. The Morgan fingerprint density at radius 1 is 1.07 bits per heavy atom. The molecule has 2 bridgehead atoms. The maximum Gasteiger partial charge on any atom is 0.233 e. The molecule has 29 heavy (non-hydrogen) atoms. The van der Waals surface area contributed by atoms with Crippen molar-refractivity contribution in [1.29, 1.82) is 0 Å². The molecule has 0 spiro atoms. The number of fused-ring (bicyclic) bond motifs is 5. The predicted molar refractivity (Wildman–Crippen MR) is 111 cm³/mol. The summed E-state index contributed by atoms with van der Waals surface area (Å²) in [6.07, 6.45) is 7.59. The second-order valence-electron chi connectivity index (χ2n) is 8.83. The van der Waals surface area contributed by atoms with Crippen molar-refractivity contribution in [2.75, 3.05) is 26.7 Å². The number of likely N-dealkylation sites (tertiary alicyclic amines) is 1. The van der Waals surface area contributed by atoms with Gasteiger partial charge in [0, 0.05) is 32.1 Å². The van der Waals surface area contributed by atoms with E-state index < -0.39 is 0 Å². The van der Waals surface area contributed by atoms with Crippen molar-refractivity contribution in [1.82, 2.24) is 15.5 Å². The van der Waals surface area contributed by atoms with Crippen LogP contribution in [-0.4, -0.2) is 49.4 Å². The number of allylic oxidation sites excluding steroid dienone is 2. The van der Waals surface area contributed by atoms with Gasteiger partial charge in [0.25, 0.3) is 0 Å². The van der Waals surface area contributed by atoms with Crippen molar-refractivity contribution in [3.05, 3.63) is 48.0 Å². The molecule has 3 aliphatic carbocycles. The summed E-state index contributed by atoms with van der Waals surface area (Å²) in [6, 6.07) is 10.6. The van der Waals surface area contributed by atoms with Crippen LogP contribution in [0.5, 0.6) is 0 Å². The minimum absolute atomic E-state index is 0.0163. The molecule has 0 radical (unpaired) electrons. The number of rotatable bonds is 6. The fraction of sp³-hybridized carbons (Fsp3) is 0.522. The van der Waals surface area contributed by atoms with Crippen molar-refractivity contribution in [3.63, 3.8) is 0 Å². The number of benzene rings is 1. The minimum Gasteiger partial charge on any atom is -0.356 e. The maximum absolute atomic E-state index is 12.8. The predicted octanol–water partition coefficient (Wildman–Crippen LogP) is 1.69. The van der Waals surface area contributed by atoms with Gasteiger partial charge in [-0.3, -0.25) is 19.5 Å². The van der Waals surface area contributed by atoms with Gasteiger partial charge in [0.2, 0.25) is 11.8 Å². The highest BCUT2D eigenvalue weighted by Crippen LogP contribution is 2.52. The molecule has 152 valence electrons. The van der Waals surface area contributed by atoms with E-state index in [9.17, 15) is 9.59 Å². The molecule has 2 amide bonds. The largest absolute Gasteiger partial charge is 0.356 e. The molecular weight excluding hydrogens is 364 g/mol. The monoisotopic (exact) mass is 392 g/mol. The van der Waals surface area contributed by atoms with Crippen molar-refractivity contribution in [3.8, 4) is 0 Å². The third-order valence-corrected chi connectivity index (χ3v) is 7.25. The fourth-order valence-electron chi connectivity index (χ4n) is 5.45. The first-order valence-corrected chi connectivity index (χ1v) is 10.7. The van der Waals surface area contributed by atoms with Gasteiger partial charge in [0.1, 0.15) is 0 Å². The van der Waals surface area contributed by atoms with E-state index in [0.717, 1.165) is 13.0 Å². The molecular formula is C23H28N4O2. The standard InChI is InChI=1S/C23H28N4O2/c1-24-22(26-14-23(9-10-23)17-5-3-2-4-6-17)25-11-12-27-20(28)18-15-7-8-16(13-15)19(18)21(27)29/h2-8,15-16,18-19H,9-14H2,1H3,(H2,24,25,26). The summed E-state index contributed by atoms with van der Waals surface area (Å²) in [5.74, 6) is 1.05. The van der Waals surface area contributed by atoms with Gasteiger partial charge in [-0.05, 0) is 36.7 Å². The number of imide groups is 1. The molecule has 4 aliphatic rings. The average molecular weight is 393 g/mol. The molecule has 2 N–H and O–H groups in total. The zero-order chi connectivity index (χ0) is 20.0. The normalized spacial score (nSPS) is 31.3. The molecule has 1 aromatic rings. The van der Waals surface area contributed by atoms with Crippen LogP contribution < -0.4 is 10.6 Å². The van der Waals surface area contributed by atoms with Crippen LogP contribution in [0.25, 0.3) is 0 Å². The number of carbonyl (C=O) groups excluding carboxylic acids is 2. The number of nitrogens with zero attached hydrogens (tertiary/aromatic N) is 2. The second-order valence-corrected chi connectivity index (χ2v) is 8.83. The molecule has 5 rings (SSSR count). The maximum atomic E-state index is 12.8. The second kappa shape index (κ2) is 7.01. The van der Waals surface area contributed by atoms with E-state index in [4.69, 9.17) is 0 Å². The molecule has 3 fully saturated rings. The van der Waals surface area contributed by atoms with Crippen molar-refractivity contribution >= 4 is 17.8 Å². The van der Waals surface area contributed by atoms with Crippen molar-refractivity contribution in [2.45, 2.75) is 24.7 Å². The third-order valence-electron chi connectivity index (χ3n) is 7.25. The van der Waals surface area contributed by atoms with Crippen molar-refractivity contribution in [2.24, 2.45) is 28.7 Å². The summed E-state index contributed by atoms with van der Waals surface area (Å²) in [5.41, 5.74) is 1.56. The topological polar surface area (TPSA) is 73.8 Å². The number of hydrogen-bond donors (Lipinski definition) is 2. The Labute approximate surface area is 171 Å². The molecule has 6 nitrogen and oxygen atoms in total. The number of guanidine groups is 1. The van der Waals surface area contributed by atoms with Gasteiger partial charge in [0.05, 0.1) is 11.8 Å². The SMILES string of the molecule is CN=C(NCCN1C(=O)C2C3C=CC(C3)C2C1=O)NCC1(c2ccccc2)CC1. The van der Waals surface area contributed by atoms with Gasteiger partial charge in [-0.25, -0.2) is 0 Å². The number of nitrogens with one attached hydrogen (secondary N) is 2. The van der Waals surface area contributed by atoms with Crippen LogP contribution in [0.3, 0.4) is 0 Å². The first kappa shape index (κ1) is 18.4. The summed E-state index contributed by atoms with van der Waals surface area (Å²) >= 11 is 0. The average Bonchev–Trinajstić information content (AvgIpc) is 3.14. The molecule has 1 aliphatic heterocycles. The van der Waals surface area contributed by atoms with Crippen LogP contribution in [0.1, 0.15) is 24.8 Å². The number of amides is 2. The highest BCUT2D eigenvalue weighted by Gasteiger charge is 2.58. The van der Waals surface area contributed by atoms with Crippen LogP contribution in [0.2, 0.25) is 0 Å². The lowest BCUT2D eigenvalue weighted by Gasteiger charge is -2.21. The highest BCUT2D eigenvalue weighted by molar-refractivity contribution is 6.06. The van der Waals surface area contributed by atoms with Gasteiger partial charge in [0.15, 0.2) is 5.96 Å². The van der Waals surface area contributed by atoms with E-state index in [-0.39, 0.29) is 40.9 Å². The number of hydrogen-bond acceptors (Lipinski definition) is 3. The fourth-order valence-corrected chi connectivity index (χ4v) is 5.45. The molecule has 1 saturated heterocycles. The van der Waals surface area contributed by atoms with E-state index in [1.54, 1.807) is 7.05 Å². The van der Waals surface area contributed by atoms with E-state index in [1.807, 2.05) is 6.07 Å². The Bertz CT molecular complexity index is 844. The first-order valence-electron chi connectivity index (χ1n) is 10.7. The molecule has 2 saturated carbocycles. The zero-order valence-corrected chi connectivity index (χ0v) is 16.8. The molecule has 1 aromatic carbocycles. The van der Waals surface area contributed by atoms with Crippen LogP contribution in [0.4, 0.5) is 0 Å². The quantitative estimate of drug-likeness (QED) is 0.334. The van der Waals surface area contributed by atoms with Crippen LogP contribution in [0, 0.1) is 23.7 Å². The van der Waals surface area contributed by atoms with Gasteiger partial charge in [-0.1, -0.05) is 42.5 Å². The lowest BCUT2D eigenvalue weighted by atomic mass is 9.85. The number of aliphatic imine (C=N–C) groups is 1. The lowest BCUT2D eigenvalue weighted by Crippen LogP contribution is -2.45. The van der Waals surface area contributed by atoms with Crippen LogP contribution in [0.15, 0.2) is 47.5 Å². The molecule has 6 heteroatoms. The summed E-state index contributed by atoms with van der Waals surface area (Å²) in [7, 11) is 1.75. The highest BCUT2D eigenvalue weighted by atomic mass is 16.2. The number of carbonyl (C=O) groups is 2. The summed E-state index contributed by atoms with van der Waals surface area (Å²) in [4.78, 5) is 31.3. The Kier molecular flexibility index (Phi) is 4.45. The van der Waals surface area contributed by atoms with E-state index >= 15 is 0 Å². The van der Waals surface area contributed by atoms with E-state index in [2.05, 4.69) is 52.0 Å². The Hall–Kier alpha value is -2.63. The minimum atomic E-state index is -0.115. The van der Waals surface area contributed by atoms with Gasteiger partial charge < -0.3 is 10.6 Å². The Morgan fingerprint density at radius 3 is 2.31 bits per heavy atom. The summed E-state index contributed by atoms with van der Waals surface area (Å²) < 4.78 is 0. The lowest BCUT2D eigenvalue weighted by molar-refractivity contribution is -0.140. The van der Waals surface area contributed by atoms with Crippen molar-refractivity contribution < 1.29 is 9.59 Å². The molecule has 0 aromatic heterocycles. The van der Waals surface area contributed by atoms with Gasteiger partial charge in [-0.15, -0.1) is 0 Å². The Balaban J connectivity index is 1.13. The first-order chi connectivity index (χ1) is 14.1. The van der Waals surface area contributed by atoms with Gasteiger partial charge >= 0.3 is 0 Å². The Morgan fingerprint density at radius 2 is 1.72 bits per heavy atom. The van der Waals surface area contributed by atoms with Crippen LogP contribution >= 0.6 is 0 Å². The zero-order valence-electron chi connectivity index (χ0n) is 16.8. The molecule has 4 atom stereocenters.